The minimum Gasteiger partial charge on any atom is -0.462 e. The maximum absolute atomic E-state index is 14.6. The lowest BCUT2D eigenvalue weighted by atomic mass is 9.33. The van der Waals surface area contributed by atoms with Gasteiger partial charge in [0.2, 0.25) is 0 Å². The number of hydrogen-bond donors (Lipinski definition) is 0. The molecule has 0 bridgehead atoms. The average molecular weight is 580 g/mol. The summed E-state index contributed by atoms with van der Waals surface area (Å²) in [6.07, 6.45) is 17.8. The van der Waals surface area contributed by atoms with E-state index in [0.29, 0.717) is 18.9 Å². The molecule has 4 fully saturated rings. The zero-order valence-electron chi connectivity index (χ0n) is 27.5. The van der Waals surface area contributed by atoms with Crippen molar-refractivity contribution in [1.82, 2.24) is 5.06 Å². The molecule has 9 atom stereocenters. The number of terminal acetylenes is 1. The molecule has 5 rings (SSSR count). The standard InChI is InChI=1S/C36H53NO5/c1-11-37(41-12-2)30(40)33(7)18-17-32(6)19-20-35(9)24(25(32)22-33)21-26(39)29-34(8)15-14-28(42-23(3)38)31(4,5)27(34)13-16-36(29,35)10/h2,21,25,27-29H,11,13-20,22H2,1,3-10H3/t25-,27?,28-,29+,32+,33-,34-,35+,36+/m0/s1. The van der Waals surface area contributed by atoms with Gasteiger partial charge < -0.3 is 9.57 Å². The molecule has 4 saturated carbocycles. The first-order valence-corrected chi connectivity index (χ1v) is 16.3. The van der Waals surface area contributed by atoms with Crippen LogP contribution in [-0.4, -0.2) is 35.4 Å². The lowest BCUT2D eigenvalue weighted by Crippen LogP contribution is -2.66. The second kappa shape index (κ2) is 9.86. The molecule has 0 saturated heterocycles. The number of nitrogens with zero attached hydrogens (tertiary/aromatic N) is 1. The van der Waals surface area contributed by atoms with E-state index in [1.54, 1.807) is 0 Å². The van der Waals surface area contributed by atoms with Crippen molar-refractivity contribution in [3.63, 3.8) is 0 Å². The summed E-state index contributed by atoms with van der Waals surface area (Å²) in [7, 11) is 0. The van der Waals surface area contributed by atoms with Gasteiger partial charge >= 0.3 is 5.97 Å². The Morgan fingerprint density at radius 1 is 1.00 bits per heavy atom. The number of ketones is 1. The number of fused-ring (bicyclic) bond motifs is 7. The summed E-state index contributed by atoms with van der Waals surface area (Å²) in [5.41, 5.74) is 0.0831. The van der Waals surface area contributed by atoms with Crippen molar-refractivity contribution in [1.29, 1.82) is 0 Å². The van der Waals surface area contributed by atoms with Crippen LogP contribution < -0.4 is 0 Å². The summed E-state index contributed by atoms with van der Waals surface area (Å²) < 4.78 is 5.86. The van der Waals surface area contributed by atoms with E-state index < -0.39 is 5.41 Å². The number of amides is 1. The molecule has 0 N–H and O–H groups in total. The van der Waals surface area contributed by atoms with E-state index in [1.165, 1.54) is 17.6 Å². The zero-order chi connectivity index (χ0) is 31.1. The predicted octanol–water partition coefficient (Wildman–Crippen LogP) is 7.27. The number of carbonyl (C=O) groups is 3. The molecule has 0 aromatic heterocycles. The molecule has 0 aliphatic heterocycles. The van der Waals surface area contributed by atoms with E-state index in [9.17, 15) is 14.4 Å². The quantitative estimate of drug-likeness (QED) is 0.199. The average Bonchev–Trinajstić information content (AvgIpc) is 2.90. The van der Waals surface area contributed by atoms with Crippen LogP contribution in [0.15, 0.2) is 11.6 Å². The van der Waals surface area contributed by atoms with E-state index in [1.807, 2.05) is 6.92 Å². The van der Waals surface area contributed by atoms with Crippen molar-refractivity contribution in [2.24, 2.45) is 50.2 Å². The molecule has 232 valence electrons. The Balaban J connectivity index is 1.54. The molecular weight excluding hydrogens is 526 g/mol. The number of hydrogen-bond acceptors (Lipinski definition) is 5. The third-order valence-electron chi connectivity index (χ3n) is 14.0. The predicted molar refractivity (Wildman–Crippen MR) is 162 cm³/mol. The maximum atomic E-state index is 14.6. The second-order valence-electron chi connectivity index (χ2n) is 16.4. The van der Waals surface area contributed by atoms with Gasteiger partial charge in [-0.3, -0.25) is 14.4 Å². The van der Waals surface area contributed by atoms with Gasteiger partial charge in [-0.25, -0.2) is 0 Å². The first-order chi connectivity index (χ1) is 19.4. The van der Waals surface area contributed by atoms with Crippen LogP contribution in [0.2, 0.25) is 0 Å². The third-order valence-corrected chi connectivity index (χ3v) is 14.0. The molecule has 6 nitrogen and oxygen atoms in total. The number of carbonyl (C=O) groups excluding carboxylic acids is 3. The van der Waals surface area contributed by atoms with Crippen LogP contribution in [0, 0.1) is 62.8 Å². The fourth-order valence-electron chi connectivity index (χ4n) is 11.4. The van der Waals surface area contributed by atoms with Crippen molar-refractivity contribution in [3.05, 3.63) is 11.6 Å². The lowest BCUT2D eigenvalue weighted by Gasteiger charge is -2.70. The third kappa shape index (κ3) is 4.15. The van der Waals surface area contributed by atoms with Gasteiger partial charge in [0.15, 0.2) is 5.78 Å². The molecule has 0 aromatic rings. The van der Waals surface area contributed by atoms with Gasteiger partial charge in [0.1, 0.15) is 12.2 Å². The van der Waals surface area contributed by atoms with Gasteiger partial charge in [-0.1, -0.05) is 60.5 Å². The minimum absolute atomic E-state index is 0.0520. The molecule has 1 unspecified atom stereocenters. The highest BCUT2D eigenvalue weighted by molar-refractivity contribution is 5.95. The van der Waals surface area contributed by atoms with E-state index >= 15 is 0 Å². The first kappa shape index (κ1) is 31.1. The number of rotatable bonds is 4. The first-order valence-electron chi connectivity index (χ1n) is 16.3. The van der Waals surface area contributed by atoms with E-state index in [-0.39, 0.29) is 62.7 Å². The summed E-state index contributed by atoms with van der Waals surface area (Å²) in [6, 6.07) is 0. The van der Waals surface area contributed by atoms with Crippen molar-refractivity contribution >= 4 is 17.7 Å². The molecule has 0 aromatic carbocycles. The van der Waals surface area contributed by atoms with E-state index in [2.05, 4.69) is 60.6 Å². The van der Waals surface area contributed by atoms with E-state index in [4.69, 9.17) is 16.0 Å². The van der Waals surface area contributed by atoms with Gasteiger partial charge in [0.25, 0.3) is 5.91 Å². The molecule has 5 aliphatic rings. The largest absolute Gasteiger partial charge is 0.462 e. The summed E-state index contributed by atoms with van der Waals surface area (Å²) >= 11 is 0. The minimum atomic E-state index is -0.598. The van der Waals surface area contributed by atoms with Crippen molar-refractivity contribution < 1.29 is 24.0 Å². The van der Waals surface area contributed by atoms with Gasteiger partial charge in [-0.05, 0) is 104 Å². The second-order valence-corrected chi connectivity index (χ2v) is 16.4. The van der Waals surface area contributed by atoms with E-state index in [0.717, 1.165) is 51.4 Å². The number of hydroxylamine groups is 2. The Morgan fingerprint density at radius 3 is 2.29 bits per heavy atom. The van der Waals surface area contributed by atoms with Crippen LogP contribution in [-0.2, 0) is 24.0 Å². The number of ether oxygens (including phenoxy) is 1. The Hall–Kier alpha value is -2.29. The Bertz CT molecular complexity index is 1250. The molecule has 5 aliphatic carbocycles. The van der Waals surface area contributed by atoms with Crippen LogP contribution in [0.5, 0.6) is 0 Å². The molecule has 0 radical (unpaired) electrons. The van der Waals surface area contributed by atoms with Crippen molar-refractivity contribution in [2.45, 2.75) is 126 Å². The van der Waals surface area contributed by atoms with Crippen LogP contribution in [0.4, 0.5) is 0 Å². The molecule has 42 heavy (non-hydrogen) atoms. The molecule has 6 heteroatoms. The normalized spacial score (nSPS) is 45.5. The molecule has 1 amide bonds. The Kier molecular flexibility index (Phi) is 7.31. The highest BCUT2D eigenvalue weighted by Crippen LogP contribution is 2.75. The Morgan fingerprint density at radius 2 is 1.67 bits per heavy atom. The topological polar surface area (TPSA) is 72.9 Å². The maximum Gasteiger partial charge on any atom is 0.302 e. The summed E-state index contributed by atoms with van der Waals surface area (Å²) in [4.78, 5) is 45.6. The lowest BCUT2D eigenvalue weighted by molar-refractivity contribution is -0.210. The van der Waals surface area contributed by atoms with Gasteiger partial charge in [0.05, 0.1) is 12.0 Å². The highest BCUT2D eigenvalue weighted by Gasteiger charge is 2.70. The van der Waals surface area contributed by atoms with Gasteiger partial charge in [-0.15, -0.1) is 0 Å². The number of esters is 1. The van der Waals surface area contributed by atoms with Crippen LogP contribution in [0.3, 0.4) is 0 Å². The highest BCUT2D eigenvalue weighted by atomic mass is 16.7. The summed E-state index contributed by atoms with van der Waals surface area (Å²) in [5, 5.41) is 1.33. The van der Waals surface area contributed by atoms with Crippen molar-refractivity contribution in [3.8, 4) is 12.5 Å². The van der Waals surface area contributed by atoms with Gasteiger partial charge in [0, 0.05) is 18.3 Å². The molecule has 0 heterocycles. The van der Waals surface area contributed by atoms with Crippen LogP contribution in [0.25, 0.3) is 0 Å². The fourth-order valence-corrected chi connectivity index (χ4v) is 11.4. The fraction of sp³-hybridized carbons (Fsp3) is 0.806. The van der Waals surface area contributed by atoms with Crippen LogP contribution >= 0.6 is 0 Å². The summed E-state index contributed by atoms with van der Waals surface area (Å²) in [6.45, 7) is 19.9. The monoisotopic (exact) mass is 579 g/mol. The number of allylic oxidation sites excluding steroid dienone is 2. The summed E-state index contributed by atoms with van der Waals surface area (Å²) in [5.74, 6) is 0.380. The Labute approximate surface area is 253 Å². The van der Waals surface area contributed by atoms with Crippen LogP contribution in [0.1, 0.15) is 120 Å². The molecular formula is C36H53NO5. The SMILES string of the molecule is C#CON(CC)C(=O)[C@@]1(C)CC[C@]2(C)CC[C@]3(C)C(=CC(=O)[C@@H]4[C@@]5(C)CC[C@H](OC(C)=O)C(C)(C)C5CC[C@]43C)[C@@H]2C1. The zero-order valence-corrected chi connectivity index (χ0v) is 27.5. The smallest absolute Gasteiger partial charge is 0.302 e. The molecule has 0 spiro atoms. The van der Waals surface area contributed by atoms with Gasteiger partial charge in [-0.2, -0.15) is 5.06 Å². The van der Waals surface area contributed by atoms with Crippen molar-refractivity contribution in [2.75, 3.05) is 6.54 Å².